The van der Waals surface area contributed by atoms with Crippen LogP contribution in [0.15, 0.2) is 42.6 Å². The van der Waals surface area contributed by atoms with E-state index in [1.807, 2.05) is 0 Å². The average Bonchev–Trinajstić information content (AvgIpc) is 2.38. The molecule has 0 saturated carbocycles. The third-order valence-corrected chi connectivity index (χ3v) is 2.74. The van der Waals surface area contributed by atoms with E-state index in [0.717, 1.165) is 0 Å². The van der Waals surface area contributed by atoms with Gasteiger partial charge in [-0.05, 0) is 37.6 Å². The molecule has 2 aromatic rings. The molecule has 0 unspecified atom stereocenters. The first kappa shape index (κ1) is 12.4. The van der Waals surface area contributed by atoms with Gasteiger partial charge in [-0.2, -0.15) is 0 Å². The molecule has 0 aliphatic carbocycles. The minimum atomic E-state index is -0.368. The Balaban J connectivity index is 2.50. The molecule has 0 atom stereocenters. The normalized spacial score (nSPS) is 11.7. The van der Waals surface area contributed by atoms with E-state index in [4.69, 9.17) is 0 Å². The zero-order chi connectivity index (χ0) is 13.1. The van der Waals surface area contributed by atoms with Crippen molar-refractivity contribution in [2.45, 2.75) is 13.8 Å². The maximum atomic E-state index is 13.6. The number of rotatable bonds is 2. The molecule has 1 aromatic carbocycles. The predicted octanol–water partition coefficient (Wildman–Crippen LogP) is 4.53. The van der Waals surface area contributed by atoms with Gasteiger partial charge in [0.1, 0.15) is 17.3 Å². The van der Waals surface area contributed by atoms with Crippen molar-refractivity contribution in [1.82, 2.24) is 4.98 Å². The lowest BCUT2D eigenvalue weighted by atomic mass is 10.0. The molecule has 1 aromatic heterocycles. The fourth-order valence-corrected chi connectivity index (χ4v) is 1.80. The lowest BCUT2D eigenvalue weighted by Crippen LogP contribution is -1.93. The van der Waals surface area contributed by atoms with Crippen molar-refractivity contribution in [2.75, 3.05) is 0 Å². The van der Waals surface area contributed by atoms with Crippen molar-refractivity contribution in [1.29, 1.82) is 0 Å². The van der Waals surface area contributed by atoms with Crippen LogP contribution in [0.2, 0.25) is 0 Å². The zero-order valence-electron chi connectivity index (χ0n) is 10.2. The molecule has 3 heteroatoms. The van der Waals surface area contributed by atoms with E-state index >= 15 is 0 Å². The summed E-state index contributed by atoms with van der Waals surface area (Å²) >= 11 is 0. The molecule has 0 aliphatic heterocycles. The van der Waals surface area contributed by atoms with Crippen LogP contribution in [-0.4, -0.2) is 4.98 Å². The van der Waals surface area contributed by atoms with Gasteiger partial charge in [0.15, 0.2) is 0 Å². The minimum absolute atomic E-state index is 0.303. The van der Waals surface area contributed by atoms with Crippen molar-refractivity contribution >= 4 is 5.83 Å². The Hall–Kier alpha value is -2.03. The van der Waals surface area contributed by atoms with Gasteiger partial charge < -0.3 is 0 Å². The van der Waals surface area contributed by atoms with Gasteiger partial charge >= 0.3 is 0 Å². The number of hydrogen-bond donors (Lipinski definition) is 0. The first-order chi connectivity index (χ1) is 8.63. The van der Waals surface area contributed by atoms with Crippen molar-refractivity contribution in [2.24, 2.45) is 0 Å². The molecule has 0 amide bonds. The van der Waals surface area contributed by atoms with Crippen LogP contribution in [0.4, 0.5) is 8.78 Å². The van der Waals surface area contributed by atoms with Crippen molar-refractivity contribution in [3.8, 4) is 11.1 Å². The van der Waals surface area contributed by atoms with E-state index in [1.54, 1.807) is 38.1 Å². The quantitative estimate of drug-likeness (QED) is 0.757. The highest BCUT2D eigenvalue weighted by Crippen LogP contribution is 2.26. The molecule has 0 radical (unpaired) electrons. The fourth-order valence-electron chi connectivity index (χ4n) is 1.80. The predicted molar refractivity (Wildman–Crippen MR) is 69.1 cm³/mol. The van der Waals surface area contributed by atoms with Crippen molar-refractivity contribution in [3.05, 3.63) is 59.7 Å². The van der Waals surface area contributed by atoms with E-state index in [2.05, 4.69) is 4.98 Å². The maximum Gasteiger partial charge on any atom is 0.144 e. The van der Waals surface area contributed by atoms with Gasteiger partial charge in [0.25, 0.3) is 0 Å². The lowest BCUT2D eigenvalue weighted by molar-refractivity contribution is 0.631. The summed E-state index contributed by atoms with van der Waals surface area (Å²) in [5.74, 6) is -0.675. The minimum Gasteiger partial charge on any atom is -0.253 e. The smallest absolute Gasteiger partial charge is 0.144 e. The second-order valence-corrected chi connectivity index (χ2v) is 4.01. The summed E-state index contributed by atoms with van der Waals surface area (Å²) in [4.78, 5) is 4.06. The van der Waals surface area contributed by atoms with Gasteiger partial charge in [-0.1, -0.05) is 18.2 Å². The number of nitrogens with zero attached hydrogens (tertiary/aromatic N) is 1. The summed E-state index contributed by atoms with van der Waals surface area (Å²) in [6.07, 6.45) is 2.85. The molecular formula is C15H13F2N. The van der Waals surface area contributed by atoms with Gasteiger partial charge in [-0.25, -0.2) is 8.78 Å². The second kappa shape index (κ2) is 5.08. The van der Waals surface area contributed by atoms with Gasteiger partial charge in [0.2, 0.25) is 0 Å². The van der Waals surface area contributed by atoms with Gasteiger partial charge in [0, 0.05) is 17.3 Å². The van der Waals surface area contributed by atoms with Crippen LogP contribution in [0.25, 0.3) is 17.0 Å². The molecule has 0 fully saturated rings. The first-order valence-electron chi connectivity index (χ1n) is 5.67. The fraction of sp³-hybridized carbons (Fsp3) is 0.133. The van der Waals surface area contributed by atoms with Crippen LogP contribution < -0.4 is 0 Å². The van der Waals surface area contributed by atoms with Crippen LogP contribution in [0.5, 0.6) is 0 Å². The third-order valence-electron chi connectivity index (χ3n) is 2.74. The molecule has 18 heavy (non-hydrogen) atoms. The summed E-state index contributed by atoms with van der Waals surface area (Å²) < 4.78 is 27.1. The molecule has 0 aliphatic rings. The zero-order valence-corrected chi connectivity index (χ0v) is 10.2. The summed E-state index contributed by atoms with van der Waals surface area (Å²) in [5.41, 5.74) is 2.11. The van der Waals surface area contributed by atoms with Crippen LogP contribution in [0.3, 0.4) is 0 Å². The number of benzene rings is 1. The number of aromatic nitrogens is 1. The van der Waals surface area contributed by atoms with Crippen molar-refractivity contribution < 1.29 is 8.78 Å². The Morgan fingerprint density at radius 1 is 1.28 bits per heavy atom. The monoisotopic (exact) mass is 245 g/mol. The number of aryl methyl sites for hydroxylation is 1. The molecule has 0 spiro atoms. The van der Waals surface area contributed by atoms with Gasteiger partial charge in [-0.3, -0.25) is 4.98 Å². The molecule has 2 rings (SSSR count). The van der Waals surface area contributed by atoms with Gasteiger partial charge in [0.05, 0.1) is 0 Å². The molecule has 1 nitrogen and oxygen atoms in total. The summed E-state index contributed by atoms with van der Waals surface area (Å²) in [5, 5.41) is 0. The topological polar surface area (TPSA) is 12.9 Å². The highest BCUT2D eigenvalue weighted by atomic mass is 19.1. The molecule has 0 bridgehead atoms. The van der Waals surface area contributed by atoms with Crippen LogP contribution >= 0.6 is 0 Å². The summed E-state index contributed by atoms with van der Waals surface area (Å²) in [6, 6.07) is 8.20. The highest BCUT2D eigenvalue weighted by Gasteiger charge is 2.09. The standard InChI is InChI=1S/C15H13F2N/c1-3-13(16)15-10(2)8-11(9-18-15)12-6-4-5-7-14(12)17/h3-9H,1-2H3/b13-3+. The van der Waals surface area contributed by atoms with Gasteiger partial charge in [-0.15, -0.1) is 0 Å². The Kier molecular flexibility index (Phi) is 3.51. The lowest BCUT2D eigenvalue weighted by Gasteiger charge is -2.07. The maximum absolute atomic E-state index is 13.6. The molecule has 1 heterocycles. The Labute approximate surface area is 105 Å². The highest BCUT2D eigenvalue weighted by molar-refractivity contribution is 5.67. The van der Waals surface area contributed by atoms with Crippen LogP contribution in [-0.2, 0) is 0 Å². The van der Waals surface area contributed by atoms with Crippen molar-refractivity contribution in [3.63, 3.8) is 0 Å². The van der Waals surface area contributed by atoms with E-state index in [0.29, 0.717) is 22.4 Å². The average molecular weight is 245 g/mol. The number of allylic oxidation sites excluding steroid dienone is 1. The third kappa shape index (κ3) is 2.30. The first-order valence-corrected chi connectivity index (χ1v) is 5.67. The Bertz CT molecular complexity index is 603. The number of halogens is 2. The second-order valence-electron chi connectivity index (χ2n) is 4.01. The number of hydrogen-bond acceptors (Lipinski definition) is 1. The Morgan fingerprint density at radius 2 is 2.00 bits per heavy atom. The molecular weight excluding hydrogens is 232 g/mol. The van der Waals surface area contributed by atoms with E-state index in [1.165, 1.54) is 18.3 Å². The SMILES string of the molecule is C/C=C(/F)c1ncc(-c2ccccc2F)cc1C. The largest absolute Gasteiger partial charge is 0.253 e. The summed E-state index contributed by atoms with van der Waals surface area (Å²) in [7, 11) is 0. The molecule has 92 valence electrons. The van der Waals surface area contributed by atoms with E-state index < -0.39 is 0 Å². The number of pyridine rings is 1. The molecule has 0 N–H and O–H groups in total. The van der Waals surface area contributed by atoms with Crippen LogP contribution in [0.1, 0.15) is 18.2 Å². The van der Waals surface area contributed by atoms with E-state index in [9.17, 15) is 8.78 Å². The van der Waals surface area contributed by atoms with E-state index in [-0.39, 0.29) is 11.6 Å². The Morgan fingerprint density at radius 3 is 2.61 bits per heavy atom. The molecule has 0 saturated heterocycles. The summed E-state index contributed by atoms with van der Waals surface area (Å²) in [6.45, 7) is 3.37. The van der Waals surface area contributed by atoms with Crippen LogP contribution in [0, 0.1) is 12.7 Å².